The summed E-state index contributed by atoms with van der Waals surface area (Å²) in [6.07, 6.45) is 4.45. The van der Waals surface area contributed by atoms with Crippen LogP contribution < -0.4 is 11.1 Å². The average molecular weight is 236 g/mol. The zero-order chi connectivity index (χ0) is 12.7. The van der Waals surface area contributed by atoms with Crippen molar-refractivity contribution in [2.24, 2.45) is 0 Å². The van der Waals surface area contributed by atoms with Crippen molar-refractivity contribution in [1.82, 2.24) is 5.32 Å². The van der Waals surface area contributed by atoms with Crippen LogP contribution in [-0.2, 0) is 0 Å². The smallest absolute Gasteiger partial charge is 0.253 e. The summed E-state index contributed by atoms with van der Waals surface area (Å²) in [7, 11) is 0. The number of phenolic OH excluding ortho intramolecular Hbond substituents is 1. The molecule has 1 aromatic rings. The number of anilines is 1. The minimum atomic E-state index is -0.227. The molecule has 0 aromatic heterocycles. The highest BCUT2D eigenvalue weighted by molar-refractivity contribution is 5.99. The fraction of sp³-hybridized carbons (Fsp3) is 0.462. The summed E-state index contributed by atoms with van der Waals surface area (Å²) >= 11 is 0. The van der Waals surface area contributed by atoms with E-state index in [1.54, 1.807) is 0 Å². The molecule has 0 bridgehead atoms. The van der Waals surface area contributed by atoms with E-state index < -0.39 is 0 Å². The molecule has 0 atom stereocenters. The Morgan fingerprint density at radius 2 is 2.12 bits per heavy atom. The molecular formula is C13H20N2O2. The van der Waals surface area contributed by atoms with Gasteiger partial charge in [0.1, 0.15) is 5.75 Å². The van der Waals surface area contributed by atoms with Gasteiger partial charge in [0, 0.05) is 12.2 Å². The van der Waals surface area contributed by atoms with Crippen molar-refractivity contribution >= 4 is 11.6 Å². The number of carbonyl (C=O) groups is 1. The molecule has 4 heteroatoms. The van der Waals surface area contributed by atoms with Crippen molar-refractivity contribution in [3.05, 3.63) is 23.8 Å². The maximum atomic E-state index is 11.7. The van der Waals surface area contributed by atoms with Gasteiger partial charge in [-0.3, -0.25) is 4.79 Å². The van der Waals surface area contributed by atoms with Crippen molar-refractivity contribution in [1.29, 1.82) is 0 Å². The SMILES string of the molecule is CCCCCCNC(=O)c1cc(O)ccc1N. The summed E-state index contributed by atoms with van der Waals surface area (Å²) in [4.78, 5) is 11.7. The van der Waals surface area contributed by atoms with E-state index in [-0.39, 0.29) is 11.7 Å². The van der Waals surface area contributed by atoms with E-state index in [0.29, 0.717) is 17.8 Å². The maximum absolute atomic E-state index is 11.7. The van der Waals surface area contributed by atoms with Crippen LogP contribution in [0, 0.1) is 0 Å². The van der Waals surface area contributed by atoms with Gasteiger partial charge in [0.05, 0.1) is 5.56 Å². The predicted octanol–water partition coefficient (Wildman–Crippen LogP) is 2.28. The summed E-state index contributed by atoms with van der Waals surface area (Å²) < 4.78 is 0. The van der Waals surface area contributed by atoms with Gasteiger partial charge >= 0.3 is 0 Å². The lowest BCUT2D eigenvalue weighted by Crippen LogP contribution is -2.25. The fourth-order valence-electron chi connectivity index (χ4n) is 1.59. The number of hydrogen-bond donors (Lipinski definition) is 3. The Hall–Kier alpha value is -1.71. The van der Waals surface area contributed by atoms with Crippen LogP contribution in [0.2, 0.25) is 0 Å². The zero-order valence-electron chi connectivity index (χ0n) is 10.2. The molecule has 17 heavy (non-hydrogen) atoms. The molecule has 4 N–H and O–H groups in total. The van der Waals surface area contributed by atoms with Crippen LogP contribution in [0.4, 0.5) is 5.69 Å². The molecule has 0 unspecified atom stereocenters. The monoisotopic (exact) mass is 236 g/mol. The second kappa shape index (κ2) is 6.78. The number of benzene rings is 1. The molecule has 0 spiro atoms. The minimum absolute atomic E-state index is 0.0512. The first-order chi connectivity index (χ1) is 8.15. The number of carbonyl (C=O) groups excluding carboxylic acids is 1. The molecule has 0 aliphatic heterocycles. The number of phenols is 1. The van der Waals surface area contributed by atoms with E-state index >= 15 is 0 Å². The molecule has 1 rings (SSSR count). The zero-order valence-corrected chi connectivity index (χ0v) is 10.2. The predicted molar refractivity (Wildman–Crippen MR) is 69.0 cm³/mol. The Morgan fingerprint density at radius 1 is 1.35 bits per heavy atom. The third-order valence-electron chi connectivity index (χ3n) is 2.60. The quantitative estimate of drug-likeness (QED) is 0.403. The lowest BCUT2D eigenvalue weighted by atomic mass is 10.1. The topological polar surface area (TPSA) is 75.3 Å². The molecule has 1 aromatic carbocycles. The fourth-order valence-corrected chi connectivity index (χ4v) is 1.59. The van der Waals surface area contributed by atoms with E-state index in [2.05, 4.69) is 12.2 Å². The molecule has 4 nitrogen and oxygen atoms in total. The highest BCUT2D eigenvalue weighted by Crippen LogP contribution is 2.18. The number of hydrogen-bond acceptors (Lipinski definition) is 3. The van der Waals surface area contributed by atoms with Crippen LogP contribution in [-0.4, -0.2) is 17.6 Å². The highest BCUT2D eigenvalue weighted by Gasteiger charge is 2.09. The third-order valence-corrected chi connectivity index (χ3v) is 2.60. The van der Waals surface area contributed by atoms with Gasteiger partial charge in [0.2, 0.25) is 0 Å². The van der Waals surface area contributed by atoms with Gasteiger partial charge in [-0.1, -0.05) is 26.2 Å². The lowest BCUT2D eigenvalue weighted by molar-refractivity contribution is 0.0953. The Labute approximate surface area is 102 Å². The number of nitrogens with two attached hydrogens (primary N) is 1. The van der Waals surface area contributed by atoms with Crippen LogP contribution >= 0.6 is 0 Å². The summed E-state index contributed by atoms with van der Waals surface area (Å²) in [6.45, 7) is 2.79. The minimum Gasteiger partial charge on any atom is -0.508 e. The summed E-state index contributed by atoms with van der Waals surface area (Å²) in [5.41, 5.74) is 6.39. The first kappa shape index (κ1) is 13.4. The van der Waals surface area contributed by atoms with E-state index in [1.165, 1.54) is 31.0 Å². The first-order valence-corrected chi connectivity index (χ1v) is 6.02. The molecule has 0 saturated heterocycles. The van der Waals surface area contributed by atoms with Crippen LogP contribution in [0.5, 0.6) is 5.75 Å². The number of nitrogens with one attached hydrogen (secondary N) is 1. The third kappa shape index (κ3) is 4.34. The second-order valence-corrected chi connectivity index (χ2v) is 4.09. The maximum Gasteiger partial charge on any atom is 0.253 e. The van der Waals surface area contributed by atoms with E-state index in [0.717, 1.165) is 12.8 Å². The lowest BCUT2D eigenvalue weighted by Gasteiger charge is -2.07. The van der Waals surface area contributed by atoms with Gasteiger partial charge in [-0.05, 0) is 24.6 Å². The van der Waals surface area contributed by atoms with E-state index in [4.69, 9.17) is 5.73 Å². The van der Waals surface area contributed by atoms with Crippen LogP contribution in [0.15, 0.2) is 18.2 Å². The van der Waals surface area contributed by atoms with Crippen molar-refractivity contribution in [2.45, 2.75) is 32.6 Å². The van der Waals surface area contributed by atoms with Crippen LogP contribution in [0.1, 0.15) is 43.0 Å². The molecule has 0 aliphatic carbocycles. The second-order valence-electron chi connectivity index (χ2n) is 4.09. The molecule has 0 saturated carbocycles. The molecule has 0 heterocycles. The normalized spacial score (nSPS) is 10.2. The van der Waals surface area contributed by atoms with Crippen molar-refractivity contribution < 1.29 is 9.90 Å². The van der Waals surface area contributed by atoms with Gasteiger partial charge in [-0.25, -0.2) is 0 Å². The number of unbranched alkanes of at least 4 members (excludes halogenated alkanes) is 3. The average Bonchev–Trinajstić information content (AvgIpc) is 2.32. The molecule has 0 radical (unpaired) electrons. The number of amides is 1. The molecular weight excluding hydrogens is 216 g/mol. The first-order valence-electron chi connectivity index (χ1n) is 6.02. The highest BCUT2D eigenvalue weighted by atomic mass is 16.3. The molecule has 1 amide bonds. The van der Waals surface area contributed by atoms with Crippen molar-refractivity contribution in [3.8, 4) is 5.75 Å². The standard InChI is InChI=1S/C13H20N2O2/c1-2-3-4-5-8-15-13(17)11-9-10(16)6-7-12(11)14/h6-7,9,16H,2-5,8,14H2,1H3,(H,15,17). The molecule has 0 aliphatic rings. The molecule has 0 fully saturated rings. The van der Waals surface area contributed by atoms with E-state index in [9.17, 15) is 9.90 Å². The largest absolute Gasteiger partial charge is 0.508 e. The van der Waals surface area contributed by atoms with Crippen LogP contribution in [0.3, 0.4) is 0 Å². The number of rotatable bonds is 6. The van der Waals surface area contributed by atoms with Crippen LogP contribution in [0.25, 0.3) is 0 Å². The summed E-state index contributed by atoms with van der Waals surface area (Å²) in [5, 5.41) is 12.1. The van der Waals surface area contributed by atoms with E-state index in [1.807, 2.05) is 0 Å². The Kier molecular flexibility index (Phi) is 5.33. The number of aromatic hydroxyl groups is 1. The van der Waals surface area contributed by atoms with Gasteiger partial charge in [0.25, 0.3) is 5.91 Å². The van der Waals surface area contributed by atoms with Gasteiger partial charge in [0.15, 0.2) is 0 Å². The Balaban J connectivity index is 2.44. The summed E-state index contributed by atoms with van der Waals surface area (Å²) in [6, 6.07) is 4.38. The summed E-state index contributed by atoms with van der Waals surface area (Å²) in [5.74, 6) is -0.176. The molecule has 94 valence electrons. The van der Waals surface area contributed by atoms with Crippen molar-refractivity contribution in [3.63, 3.8) is 0 Å². The van der Waals surface area contributed by atoms with Crippen molar-refractivity contribution in [2.75, 3.05) is 12.3 Å². The Bertz CT molecular complexity index is 378. The van der Waals surface area contributed by atoms with Gasteiger partial charge in [-0.15, -0.1) is 0 Å². The van der Waals surface area contributed by atoms with Gasteiger partial charge < -0.3 is 16.2 Å². The Morgan fingerprint density at radius 3 is 2.82 bits per heavy atom. The van der Waals surface area contributed by atoms with Gasteiger partial charge in [-0.2, -0.15) is 0 Å². The number of nitrogen functional groups attached to an aromatic ring is 1.